The summed E-state index contributed by atoms with van der Waals surface area (Å²) in [6, 6.07) is 3.00. The first-order valence-electron chi connectivity index (χ1n) is 4.79. The minimum absolute atomic E-state index is 0.0791. The number of carboxylic acid groups (broad SMARTS) is 1. The van der Waals surface area contributed by atoms with Crippen LogP contribution in [-0.4, -0.2) is 17.7 Å². The Hall–Kier alpha value is -1.17. The van der Waals surface area contributed by atoms with E-state index < -0.39 is 12.6 Å². The molecule has 0 spiro atoms. The summed E-state index contributed by atoms with van der Waals surface area (Å²) in [5.74, 6) is -1.16. The van der Waals surface area contributed by atoms with Gasteiger partial charge in [0.25, 0.3) is 0 Å². The van der Waals surface area contributed by atoms with Gasteiger partial charge in [0.1, 0.15) is 5.75 Å². The molecular formula is C11H11BrF2O3. The van der Waals surface area contributed by atoms with E-state index >= 15 is 0 Å². The van der Waals surface area contributed by atoms with Crippen LogP contribution in [0.25, 0.3) is 0 Å². The maximum absolute atomic E-state index is 12.2. The first-order chi connectivity index (χ1) is 7.95. The molecule has 0 aliphatic heterocycles. The van der Waals surface area contributed by atoms with Crippen LogP contribution in [0.1, 0.15) is 16.7 Å². The molecule has 0 saturated heterocycles. The van der Waals surface area contributed by atoms with Crippen LogP contribution in [0, 0.1) is 6.92 Å². The highest BCUT2D eigenvalue weighted by Gasteiger charge is 2.16. The van der Waals surface area contributed by atoms with Crippen molar-refractivity contribution in [2.24, 2.45) is 0 Å². The molecule has 3 nitrogen and oxygen atoms in total. The average Bonchev–Trinajstić information content (AvgIpc) is 2.22. The molecule has 0 unspecified atom stereocenters. The predicted octanol–water partition coefficient (Wildman–Crippen LogP) is 3.12. The zero-order chi connectivity index (χ0) is 13.0. The molecule has 0 bridgehead atoms. The molecule has 1 aromatic carbocycles. The summed E-state index contributed by atoms with van der Waals surface area (Å²) >= 11 is 3.25. The second-order valence-corrected chi connectivity index (χ2v) is 3.97. The molecule has 0 aliphatic rings. The molecule has 94 valence electrons. The molecule has 1 N–H and O–H groups in total. The number of ether oxygens (including phenoxy) is 1. The van der Waals surface area contributed by atoms with Gasteiger partial charge in [-0.25, -0.2) is 0 Å². The fraction of sp³-hybridized carbons (Fsp3) is 0.364. The van der Waals surface area contributed by atoms with Crippen molar-refractivity contribution in [3.8, 4) is 5.75 Å². The van der Waals surface area contributed by atoms with Gasteiger partial charge in [-0.2, -0.15) is 8.78 Å². The highest BCUT2D eigenvalue weighted by Crippen LogP contribution is 2.28. The molecule has 0 radical (unpaired) electrons. The molecule has 1 aromatic rings. The molecule has 0 aromatic heterocycles. The van der Waals surface area contributed by atoms with Crippen LogP contribution >= 0.6 is 15.9 Å². The molecular weight excluding hydrogens is 298 g/mol. The summed E-state index contributed by atoms with van der Waals surface area (Å²) in [7, 11) is 0. The van der Waals surface area contributed by atoms with E-state index in [-0.39, 0.29) is 17.7 Å². The lowest BCUT2D eigenvalue weighted by atomic mass is 10.00. The number of hydrogen-bond donors (Lipinski definition) is 1. The molecule has 0 aliphatic carbocycles. The largest absolute Gasteiger partial charge is 0.481 e. The van der Waals surface area contributed by atoms with Crippen molar-refractivity contribution in [2.45, 2.75) is 25.3 Å². The van der Waals surface area contributed by atoms with Crippen molar-refractivity contribution >= 4 is 21.9 Å². The predicted molar refractivity (Wildman–Crippen MR) is 61.8 cm³/mol. The van der Waals surface area contributed by atoms with E-state index in [1.165, 1.54) is 6.07 Å². The number of halogens is 3. The van der Waals surface area contributed by atoms with Crippen molar-refractivity contribution in [1.82, 2.24) is 0 Å². The van der Waals surface area contributed by atoms with Crippen LogP contribution in [0.4, 0.5) is 8.78 Å². The van der Waals surface area contributed by atoms with Crippen molar-refractivity contribution in [2.75, 3.05) is 0 Å². The number of rotatable bonds is 5. The van der Waals surface area contributed by atoms with Crippen LogP contribution in [0.15, 0.2) is 12.1 Å². The van der Waals surface area contributed by atoms with E-state index in [1.54, 1.807) is 13.0 Å². The molecule has 0 fully saturated rings. The van der Waals surface area contributed by atoms with E-state index in [2.05, 4.69) is 20.7 Å². The number of hydrogen-bond acceptors (Lipinski definition) is 2. The average molecular weight is 309 g/mol. The van der Waals surface area contributed by atoms with E-state index in [0.29, 0.717) is 10.9 Å². The van der Waals surface area contributed by atoms with Gasteiger partial charge >= 0.3 is 12.6 Å². The topological polar surface area (TPSA) is 46.5 Å². The Morgan fingerprint density at radius 3 is 2.65 bits per heavy atom. The van der Waals surface area contributed by atoms with Crippen LogP contribution in [0.2, 0.25) is 0 Å². The Labute approximate surface area is 106 Å². The maximum Gasteiger partial charge on any atom is 0.387 e. The molecule has 6 heteroatoms. The third-order valence-corrected chi connectivity index (χ3v) is 2.96. The minimum atomic E-state index is -2.96. The zero-order valence-electron chi connectivity index (χ0n) is 9.04. The standard InChI is InChI=1S/C11H11BrF2O3/c1-6-7(5-12)2-3-9(17-11(13)14)8(6)4-10(15)16/h2-3,11H,4-5H2,1H3,(H,15,16). The molecule has 0 heterocycles. The van der Waals surface area contributed by atoms with Crippen molar-refractivity contribution in [1.29, 1.82) is 0 Å². The third-order valence-electron chi connectivity index (χ3n) is 2.36. The number of aliphatic carboxylic acids is 1. The SMILES string of the molecule is Cc1c(CBr)ccc(OC(F)F)c1CC(=O)O. The van der Waals surface area contributed by atoms with Gasteiger partial charge in [-0.05, 0) is 24.1 Å². The fourth-order valence-corrected chi connectivity index (χ4v) is 2.11. The Bertz CT molecular complexity index is 421. The van der Waals surface area contributed by atoms with Crippen LogP contribution < -0.4 is 4.74 Å². The van der Waals surface area contributed by atoms with Crippen molar-refractivity contribution in [3.63, 3.8) is 0 Å². The lowest BCUT2D eigenvalue weighted by Gasteiger charge is -2.14. The molecule has 0 saturated carbocycles. The van der Waals surface area contributed by atoms with Gasteiger partial charge in [0.15, 0.2) is 0 Å². The van der Waals surface area contributed by atoms with Crippen LogP contribution in [-0.2, 0) is 16.5 Å². The first-order valence-corrected chi connectivity index (χ1v) is 5.91. The van der Waals surface area contributed by atoms with Gasteiger partial charge in [-0.1, -0.05) is 22.0 Å². The van der Waals surface area contributed by atoms with E-state index in [4.69, 9.17) is 5.11 Å². The highest BCUT2D eigenvalue weighted by atomic mass is 79.9. The lowest BCUT2D eigenvalue weighted by molar-refractivity contribution is -0.136. The highest BCUT2D eigenvalue weighted by molar-refractivity contribution is 9.08. The quantitative estimate of drug-likeness (QED) is 0.850. The van der Waals surface area contributed by atoms with E-state index in [9.17, 15) is 13.6 Å². The van der Waals surface area contributed by atoms with Crippen molar-refractivity contribution in [3.05, 3.63) is 28.8 Å². The van der Waals surface area contributed by atoms with Gasteiger partial charge in [0.2, 0.25) is 0 Å². The molecule has 17 heavy (non-hydrogen) atoms. The molecule has 1 rings (SSSR count). The fourth-order valence-electron chi connectivity index (χ4n) is 1.50. The smallest absolute Gasteiger partial charge is 0.387 e. The maximum atomic E-state index is 12.2. The first kappa shape index (κ1) is 13.9. The summed E-state index contributed by atoms with van der Waals surface area (Å²) in [5, 5.41) is 9.29. The Kier molecular flexibility index (Phi) is 4.86. The second kappa shape index (κ2) is 5.95. The third kappa shape index (κ3) is 3.66. The molecule has 0 atom stereocenters. The van der Waals surface area contributed by atoms with Crippen LogP contribution in [0.3, 0.4) is 0 Å². The monoisotopic (exact) mass is 308 g/mol. The summed E-state index contributed by atoms with van der Waals surface area (Å²) in [5.41, 5.74) is 1.79. The summed E-state index contributed by atoms with van der Waals surface area (Å²) < 4.78 is 28.7. The van der Waals surface area contributed by atoms with Crippen LogP contribution in [0.5, 0.6) is 5.75 Å². The van der Waals surface area contributed by atoms with Gasteiger partial charge in [-0.15, -0.1) is 0 Å². The number of carbonyl (C=O) groups is 1. The van der Waals surface area contributed by atoms with E-state index in [1.807, 2.05) is 0 Å². The zero-order valence-corrected chi connectivity index (χ0v) is 10.6. The Balaban J connectivity index is 3.20. The van der Waals surface area contributed by atoms with Gasteiger partial charge in [0.05, 0.1) is 6.42 Å². The minimum Gasteiger partial charge on any atom is -0.481 e. The lowest BCUT2D eigenvalue weighted by Crippen LogP contribution is -2.10. The Morgan fingerprint density at radius 1 is 1.53 bits per heavy atom. The number of carboxylic acids is 1. The summed E-state index contributed by atoms with van der Waals surface area (Å²) in [6.07, 6.45) is -0.339. The summed E-state index contributed by atoms with van der Waals surface area (Å²) in [4.78, 5) is 10.7. The van der Waals surface area contributed by atoms with Gasteiger partial charge < -0.3 is 9.84 Å². The number of alkyl halides is 3. The number of benzene rings is 1. The Morgan fingerprint density at radius 2 is 2.18 bits per heavy atom. The molecule has 0 amide bonds. The van der Waals surface area contributed by atoms with Gasteiger partial charge in [-0.3, -0.25) is 4.79 Å². The summed E-state index contributed by atoms with van der Waals surface area (Å²) in [6.45, 7) is -1.27. The second-order valence-electron chi connectivity index (χ2n) is 3.41. The van der Waals surface area contributed by atoms with Gasteiger partial charge in [0, 0.05) is 10.9 Å². The van der Waals surface area contributed by atoms with E-state index in [0.717, 1.165) is 5.56 Å². The normalized spacial score (nSPS) is 10.6. The van der Waals surface area contributed by atoms with Crippen molar-refractivity contribution < 1.29 is 23.4 Å².